The highest BCUT2D eigenvalue weighted by molar-refractivity contribution is 5.75. The highest BCUT2D eigenvalue weighted by atomic mass is 16.4. The fourth-order valence-corrected chi connectivity index (χ4v) is 1.05. The molecule has 2 N–H and O–H groups in total. The van der Waals surface area contributed by atoms with Crippen LogP contribution < -0.4 is 0 Å². The number of hydrogen-bond acceptors (Lipinski definition) is 3. The summed E-state index contributed by atoms with van der Waals surface area (Å²) < 4.78 is 0. The second kappa shape index (κ2) is 6.37. The molecule has 0 aromatic carbocycles. The van der Waals surface area contributed by atoms with Gasteiger partial charge >= 0.3 is 5.97 Å². The smallest absolute Gasteiger partial charge is 0.308 e. The summed E-state index contributed by atoms with van der Waals surface area (Å²) in [7, 11) is 0. The first-order chi connectivity index (χ1) is 6.49. The van der Waals surface area contributed by atoms with E-state index in [0.717, 1.165) is 0 Å². The van der Waals surface area contributed by atoms with Crippen LogP contribution in [0.3, 0.4) is 0 Å². The van der Waals surface area contributed by atoms with Crippen LogP contribution >= 0.6 is 0 Å². The predicted molar refractivity (Wildman–Crippen MR) is 50.8 cm³/mol. The van der Waals surface area contributed by atoms with Gasteiger partial charge in [-0.25, -0.2) is 0 Å². The highest BCUT2D eigenvalue weighted by Gasteiger charge is 2.17. The van der Waals surface area contributed by atoms with Crippen molar-refractivity contribution in [1.29, 1.82) is 0 Å². The second-order valence-electron chi connectivity index (χ2n) is 3.28. The van der Waals surface area contributed by atoms with Crippen LogP contribution in [0.1, 0.15) is 20.3 Å². The van der Waals surface area contributed by atoms with Gasteiger partial charge in [-0.05, 0) is 6.42 Å². The van der Waals surface area contributed by atoms with Crippen LogP contribution in [0.2, 0.25) is 0 Å². The van der Waals surface area contributed by atoms with Gasteiger partial charge in [-0.2, -0.15) is 0 Å². The topological polar surface area (TPSA) is 77.8 Å². The normalized spacial score (nSPS) is 12.2. The van der Waals surface area contributed by atoms with E-state index < -0.39 is 11.9 Å². The fourth-order valence-electron chi connectivity index (χ4n) is 1.05. The Balaban J connectivity index is 4.08. The van der Waals surface area contributed by atoms with Gasteiger partial charge in [-0.1, -0.05) is 6.92 Å². The molecule has 0 spiro atoms. The number of hydrogen-bond donors (Lipinski definition) is 2. The molecule has 0 aromatic rings. The number of aliphatic carboxylic acids is 1. The molecular formula is C9H17NO4. The van der Waals surface area contributed by atoms with Crippen LogP contribution in [0, 0.1) is 5.92 Å². The number of aliphatic hydroxyl groups excluding tert-OH is 1. The van der Waals surface area contributed by atoms with Crippen LogP contribution in [0.4, 0.5) is 0 Å². The van der Waals surface area contributed by atoms with Crippen LogP contribution in [-0.2, 0) is 9.59 Å². The van der Waals surface area contributed by atoms with E-state index in [0.29, 0.717) is 13.0 Å². The molecule has 82 valence electrons. The van der Waals surface area contributed by atoms with Crippen molar-refractivity contribution < 1.29 is 19.8 Å². The van der Waals surface area contributed by atoms with Gasteiger partial charge in [-0.3, -0.25) is 9.59 Å². The molecule has 5 heteroatoms. The van der Waals surface area contributed by atoms with Gasteiger partial charge in [-0.15, -0.1) is 0 Å². The molecule has 0 saturated carbocycles. The second-order valence-corrected chi connectivity index (χ2v) is 3.28. The van der Waals surface area contributed by atoms with Crippen LogP contribution in [0.15, 0.2) is 0 Å². The van der Waals surface area contributed by atoms with E-state index in [1.54, 1.807) is 6.92 Å². The van der Waals surface area contributed by atoms with E-state index in [4.69, 9.17) is 10.2 Å². The van der Waals surface area contributed by atoms with Crippen molar-refractivity contribution >= 4 is 11.9 Å². The van der Waals surface area contributed by atoms with E-state index in [2.05, 4.69) is 0 Å². The summed E-state index contributed by atoms with van der Waals surface area (Å²) in [6, 6.07) is 0. The Labute approximate surface area is 83.3 Å². The molecule has 1 amide bonds. The van der Waals surface area contributed by atoms with Gasteiger partial charge in [0.05, 0.1) is 5.92 Å². The third-order valence-electron chi connectivity index (χ3n) is 1.95. The lowest BCUT2D eigenvalue weighted by Crippen LogP contribution is -2.36. The maximum absolute atomic E-state index is 11.1. The molecule has 0 rings (SSSR count). The molecule has 1 atom stereocenters. The lowest BCUT2D eigenvalue weighted by atomic mass is 10.1. The van der Waals surface area contributed by atoms with Crippen molar-refractivity contribution in [3.8, 4) is 0 Å². The number of carbonyl (C=O) groups excluding carboxylic acids is 1. The lowest BCUT2D eigenvalue weighted by molar-refractivity contribution is -0.142. The zero-order valence-corrected chi connectivity index (χ0v) is 8.56. The molecule has 0 aliphatic carbocycles. The lowest BCUT2D eigenvalue weighted by Gasteiger charge is -2.22. The van der Waals surface area contributed by atoms with Gasteiger partial charge in [0.25, 0.3) is 0 Å². The van der Waals surface area contributed by atoms with Crippen molar-refractivity contribution in [3.63, 3.8) is 0 Å². The minimum absolute atomic E-state index is 0.00519. The number of rotatable bonds is 6. The summed E-state index contributed by atoms with van der Waals surface area (Å²) >= 11 is 0. The van der Waals surface area contributed by atoms with E-state index in [1.165, 1.54) is 11.8 Å². The average molecular weight is 203 g/mol. The quantitative estimate of drug-likeness (QED) is 0.634. The van der Waals surface area contributed by atoms with Crippen LogP contribution in [0.25, 0.3) is 0 Å². The molecule has 0 aliphatic rings. The molecule has 0 fully saturated rings. The maximum atomic E-state index is 11.1. The third kappa shape index (κ3) is 4.81. The molecule has 0 saturated heterocycles. The van der Waals surface area contributed by atoms with E-state index in [9.17, 15) is 9.59 Å². The molecule has 0 bridgehead atoms. The van der Waals surface area contributed by atoms with E-state index in [-0.39, 0.29) is 19.1 Å². The Hall–Kier alpha value is -1.10. The molecule has 1 unspecified atom stereocenters. The fraction of sp³-hybridized carbons (Fsp3) is 0.778. The third-order valence-corrected chi connectivity index (χ3v) is 1.95. The Morgan fingerprint density at radius 2 is 2.00 bits per heavy atom. The van der Waals surface area contributed by atoms with Crippen molar-refractivity contribution in [2.24, 2.45) is 5.92 Å². The SMILES string of the molecule is CC(=O)N(CCCO)CC(C)C(=O)O. The molecule has 5 nitrogen and oxygen atoms in total. The number of carbonyl (C=O) groups is 2. The molecule has 0 aliphatic heterocycles. The number of amides is 1. The van der Waals surface area contributed by atoms with Crippen LogP contribution in [0.5, 0.6) is 0 Å². The molecule has 0 aromatic heterocycles. The van der Waals surface area contributed by atoms with Crippen molar-refractivity contribution in [3.05, 3.63) is 0 Å². The minimum Gasteiger partial charge on any atom is -0.481 e. The summed E-state index contributed by atoms with van der Waals surface area (Å²) in [6.45, 7) is 3.56. The Morgan fingerprint density at radius 1 is 1.43 bits per heavy atom. The predicted octanol–water partition coefficient (Wildman–Crippen LogP) is -0.0620. The Morgan fingerprint density at radius 3 is 2.36 bits per heavy atom. The summed E-state index contributed by atoms with van der Waals surface area (Å²) in [5, 5.41) is 17.2. The van der Waals surface area contributed by atoms with E-state index in [1.807, 2.05) is 0 Å². The number of aliphatic hydroxyl groups is 1. The van der Waals surface area contributed by atoms with Gasteiger partial charge < -0.3 is 15.1 Å². The summed E-state index contributed by atoms with van der Waals surface area (Å²) in [4.78, 5) is 23.0. The number of carboxylic acid groups (broad SMARTS) is 1. The summed E-state index contributed by atoms with van der Waals surface area (Å²) in [5.74, 6) is -1.65. The highest BCUT2D eigenvalue weighted by Crippen LogP contribution is 2.01. The largest absolute Gasteiger partial charge is 0.481 e. The molecule has 14 heavy (non-hydrogen) atoms. The van der Waals surface area contributed by atoms with Crippen molar-refractivity contribution in [2.75, 3.05) is 19.7 Å². The number of nitrogens with zero attached hydrogens (tertiary/aromatic N) is 1. The summed E-state index contributed by atoms with van der Waals surface area (Å²) in [5.41, 5.74) is 0. The Kier molecular flexibility index (Phi) is 5.87. The first kappa shape index (κ1) is 12.9. The molecular weight excluding hydrogens is 186 g/mol. The van der Waals surface area contributed by atoms with Crippen molar-refractivity contribution in [1.82, 2.24) is 4.90 Å². The van der Waals surface area contributed by atoms with Gasteiger partial charge in [0, 0.05) is 26.6 Å². The van der Waals surface area contributed by atoms with Crippen LogP contribution in [-0.4, -0.2) is 46.7 Å². The number of carboxylic acids is 1. The maximum Gasteiger partial charge on any atom is 0.308 e. The van der Waals surface area contributed by atoms with Gasteiger partial charge in [0.2, 0.25) is 5.91 Å². The monoisotopic (exact) mass is 203 g/mol. The zero-order chi connectivity index (χ0) is 11.1. The zero-order valence-electron chi connectivity index (χ0n) is 8.56. The minimum atomic E-state index is -0.916. The molecule has 0 radical (unpaired) electrons. The molecule has 0 heterocycles. The van der Waals surface area contributed by atoms with Crippen molar-refractivity contribution in [2.45, 2.75) is 20.3 Å². The van der Waals surface area contributed by atoms with Gasteiger partial charge in [0.1, 0.15) is 0 Å². The summed E-state index contributed by atoms with van der Waals surface area (Å²) in [6.07, 6.45) is 0.478. The first-order valence-electron chi connectivity index (χ1n) is 4.58. The Bertz CT molecular complexity index is 205. The van der Waals surface area contributed by atoms with Gasteiger partial charge in [0.15, 0.2) is 0 Å². The van der Waals surface area contributed by atoms with E-state index >= 15 is 0 Å². The standard InChI is InChI=1S/C9H17NO4/c1-7(9(13)14)6-10(8(2)12)4-3-5-11/h7,11H,3-6H2,1-2H3,(H,13,14). The first-order valence-corrected chi connectivity index (χ1v) is 4.58. The average Bonchev–Trinajstić information content (AvgIpc) is 2.10.